The third kappa shape index (κ3) is 21.3. The van der Waals surface area contributed by atoms with E-state index in [-0.39, 0.29) is 0 Å². The fourth-order valence-electron chi connectivity index (χ4n) is 3.80. The molecular weight excluding hydrogens is 384 g/mol. The summed E-state index contributed by atoms with van der Waals surface area (Å²) in [4.78, 5) is 0. The van der Waals surface area contributed by atoms with E-state index in [1.165, 1.54) is 32.1 Å². The minimum atomic E-state index is 0.876. The molecule has 5 unspecified atom stereocenters. The first-order valence-electron chi connectivity index (χ1n) is 14.3. The molecule has 0 saturated heterocycles. The molecule has 5 atom stereocenters. The minimum absolute atomic E-state index is 0.876. The maximum Gasteiger partial charge on any atom is -0.0200 e. The first kappa shape index (κ1) is 41.7. The summed E-state index contributed by atoms with van der Waals surface area (Å²) in [6.45, 7) is 40.8. The van der Waals surface area contributed by atoms with E-state index in [4.69, 9.17) is 0 Å². The monoisotopic (exact) mass is 455 g/mol. The van der Waals surface area contributed by atoms with Crippen LogP contribution in [0, 0.1) is 41.4 Å². The first-order chi connectivity index (χ1) is 15.2. The maximum absolute atomic E-state index is 3.00. The van der Waals surface area contributed by atoms with Gasteiger partial charge in [-0.15, -0.1) is 13.2 Å². The lowest BCUT2D eigenvalue weighted by Gasteiger charge is -2.40. The van der Waals surface area contributed by atoms with Gasteiger partial charge in [0.1, 0.15) is 0 Å². The lowest BCUT2D eigenvalue weighted by atomic mass is 9.66. The quantitative estimate of drug-likeness (QED) is 0.370. The predicted octanol–water partition coefficient (Wildman–Crippen LogP) is 12.3. The Hall–Kier alpha value is -0.520. The summed E-state index contributed by atoms with van der Waals surface area (Å²) in [5, 5.41) is 0. The first-order valence-corrected chi connectivity index (χ1v) is 14.3. The highest BCUT2D eigenvalue weighted by atomic mass is 14.4. The summed E-state index contributed by atoms with van der Waals surface area (Å²) in [5.41, 5.74) is 1.68. The molecule has 2 saturated carbocycles. The highest BCUT2D eigenvalue weighted by Gasteiger charge is 2.32. The van der Waals surface area contributed by atoms with E-state index >= 15 is 0 Å². The van der Waals surface area contributed by atoms with Gasteiger partial charge in [0.15, 0.2) is 0 Å². The van der Waals surface area contributed by atoms with Crippen LogP contribution in [0.3, 0.4) is 0 Å². The largest absolute Gasteiger partial charge is 0.106 e. The van der Waals surface area contributed by atoms with Crippen molar-refractivity contribution in [1.82, 2.24) is 0 Å². The molecular formula is C32H70. The molecule has 32 heavy (non-hydrogen) atoms. The van der Waals surface area contributed by atoms with E-state index in [0.717, 1.165) is 41.4 Å². The van der Waals surface area contributed by atoms with Gasteiger partial charge in [-0.25, -0.2) is 0 Å². The highest BCUT2D eigenvalue weighted by molar-refractivity contribution is 5.16. The fourth-order valence-corrected chi connectivity index (χ4v) is 3.80. The van der Waals surface area contributed by atoms with E-state index in [0.29, 0.717) is 0 Å². The predicted molar refractivity (Wildman–Crippen MR) is 158 cm³/mol. The summed E-state index contributed by atoms with van der Waals surface area (Å²) in [6.07, 6.45) is 9.26. The highest BCUT2D eigenvalue weighted by Crippen LogP contribution is 2.43. The van der Waals surface area contributed by atoms with Crippen LogP contribution in [0.25, 0.3) is 0 Å². The molecule has 198 valence electrons. The SMILES string of the molecule is C=C.CC.CC.CC.CC=C1CC(CC(C)C)C1C.CCC(C)C.CCC1CC(C)C1C. The van der Waals surface area contributed by atoms with Crippen LogP contribution in [0.4, 0.5) is 0 Å². The zero-order chi connectivity index (χ0) is 26.9. The Labute approximate surface area is 209 Å². The van der Waals surface area contributed by atoms with E-state index < -0.39 is 0 Å². The van der Waals surface area contributed by atoms with Crippen LogP contribution < -0.4 is 0 Å². The van der Waals surface area contributed by atoms with Crippen molar-refractivity contribution < 1.29 is 0 Å². The molecule has 0 nitrogen and oxygen atoms in total. The van der Waals surface area contributed by atoms with E-state index in [2.05, 4.69) is 88.5 Å². The Kier molecular flexibility index (Phi) is 39.7. The average molecular weight is 455 g/mol. The fraction of sp³-hybridized carbons (Fsp3) is 0.875. The van der Waals surface area contributed by atoms with Crippen LogP contribution in [-0.4, -0.2) is 0 Å². The summed E-state index contributed by atoms with van der Waals surface area (Å²) in [7, 11) is 0. The molecule has 0 spiro atoms. The normalized spacial score (nSPS) is 25.6. The zero-order valence-corrected chi connectivity index (χ0v) is 26.1. The van der Waals surface area contributed by atoms with E-state index in [9.17, 15) is 0 Å². The molecule has 0 aromatic rings. The van der Waals surface area contributed by atoms with Gasteiger partial charge in [-0.2, -0.15) is 0 Å². The number of allylic oxidation sites excluding steroid dienone is 2. The van der Waals surface area contributed by atoms with Crippen LogP contribution in [0.2, 0.25) is 0 Å². The molecule has 0 bridgehead atoms. The smallest absolute Gasteiger partial charge is 0.0200 e. The summed E-state index contributed by atoms with van der Waals surface area (Å²) in [5.74, 6) is 6.71. The molecule has 0 aliphatic heterocycles. The van der Waals surface area contributed by atoms with Gasteiger partial charge in [0, 0.05) is 0 Å². The van der Waals surface area contributed by atoms with Crippen LogP contribution in [0.5, 0.6) is 0 Å². The Bertz CT molecular complexity index is 349. The van der Waals surface area contributed by atoms with Crippen molar-refractivity contribution in [1.29, 1.82) is 0 Å². The average Bonchev–Trinajstić information content (AvgIpc) is 2.84. The van der Waals surface area contributed by atoms with Crippen LogP contribution in [0.1, 0.15) is 143 Å². The van der Waals surface area contributed by atoms with Crippen LogP contribution >= 0.6 is 0 Å². The number of hydrogen-bond donors (Lipinski definition) is 0. The second-order valence-corrected chi connectivity index (χ2v) is 9.29. The number of hydrogen-bond acceptors (Lipinski definition) is 0. The van der Waals surface area contributed by atoms with Crippen molar-refractivity contribution in [3.63, 3.8) is 0 Å². The van der Waals surface area contributed by atoms with Crippen LogP contribution in [-0.2, 0) is 0 Å². The molecule has 2 rings (SSSR count). The van der Waals surface area contributed by atoms with Gasteiger partial charge in [0.2, 0.25) is 0 Å². The van der Waals surface area contributed by atoms with E-state index in [1.807, 2.05) is 41.5 Å². The Morgan fingerprint density at radius 2 is 1.22 bits per heavy atom. The van der Waals surface area contributed by atoms with Gasteiger partial charge in [-0.05, 0) is 67.6 Å². The van der Waals surface area contributed by atoms with Gasteiger partial charge in [-0.3, -0.25) is 0 Å². The van der Waals surface area contributed by atoms with Gasteiger partial charge in [0.05, 0.1) is 0 Å². The second-order valence-electron chi connectivity index (χ2n) is 9.29. The molecule has 0 heteroatoms. The Balaban J connectivity index is -0.000000102. The Morgan fingerprint density at radius 3 is 1.38 bits per heavy atom. The van der Waals surface area contributed by atoms with Crippen molar-refractivity contribution in [3.05, 3.63) is 24.8 Å². The van der Waals surface area contributed by atoms with Crippen molar-refractivity contribution in [2.75, 3.05) is 0 Å². The molecule has 0 amide bonds. The lowest BCUT2D eigenvalue weighted by molar-refractivity contribution is 0.0998. The summed E-state index contributed by atoms with van der Waals surface area (Å²) >= 11 is 0. The van der Waals surface area contributed by atoms with Gasteiger partial charge < -0.3 is 0 Å². The maximum atomic E-state index is 3.00. The summed E-state index contributed by atoms with van der Waals surface area (Å²) in [6, 6.07) is 0. The molecule has 2 aliphatic carbocycles. The molecule has 0 N–H and O–H groups in total. The molecule has 0 heterocycles. The molecule has 0 aromatic carbocycles. The van der Waals surface area contributed by atoms with Gasteiger partial charge in [-0.1, -0.05) is 128 Å². The van der Waals surface area contributed by atoms with Crippen molar-refractivity contribution in [3.8, 4) is 0 Å². The lowest BCUT2D eigenvalue weighted by Crippen LogP contribution is -2.31. The molecule has 2 aliphatic rings. The van der Waals surface area contributed by atoms with Crippen LogP contribution in [0.15, 0.2) is 24.8 Å². The van der Waals surface area contributed by atoms with Crippen molar-refractivity contribution >= 4 is 0 Å². The third-order valence-electron chi connectivity index (χ3n) is 6.59. The third-order valence-corrected chi connectivity index (χ3v) is 6.59. The number of rotatable bonds is 4. The second kappa shape index (κ2) is 30.5. The summed E-state index contributed by atoms with van der Waals surface area (Å²) < 4.78 is 0. The molecule has 0 aromatic heterocycles. The van der Waals surface area contributed by atoms with Gasteiger partial charge in [0.25, 0.3) is 0 Å². The molecule has 2 fully saturated rings. The molecule has 0 radical (unpaired) electrons. The standard InChI is InChI=1S/C11H20.C8H16.C5H12.3C2H6.C2H4/c1-5-10-7-11(9(10)4)6-8(2)3;1-4-8-5-6(2)7(8)3;1-4-5(2)3;4*1-2/h5,8-9,11H,6-7H2,1-4H3;6-8H,4-5H2,1-3H3;5H,4H2,1-3H3;3*1-2H3;1-2H2. The topological polar surface area (TPSA) is 0 Å². The Morgan fingerprint density at radius 1 is 0.812 bits per heavy atom. The zero-order valence-electron chi connectivity index (χ0n) is 26.1. The van der Waals surface area contributed by atoms with E-state index in [1.54, 1.807) is 5.57 Å². The van der Waals surface area contributed by atoms with Crippen molar-refractivity contribution in [2.45, 2.75) is 143 Å². The minimum Gasteiger partial charge on any atom is -0.106 e. The van der Waals surface area contributed by atoms with Crippen molar-refractivity contribution in [2.24, 2.45) is 41.4 Å². The van der Waals surface area contributed by atoms with Gasteiger partial charge >= 0.3 is 0 Å².